The lowest BCUT2D eigenvalue weighted by molar-refractivity contribution is -0.147. The number of benzene rings is 1. The average Bonchev–Trinajstić information content (AvgIpc) is 3.07. The maximum absolute atomic E-state index is 12.1. The SMILES string of the molecule is CC(=O)Nc1ccc(NC(=O)COC(=O)CCc2c(C)nc3cc(C)nn3c2C)cc1. The molecule has 0 bridgehead atoms. The van der Waals surface area contributed by atoms with E-state index in [0.717, 1.165) is 28.3 Å². The van der Waals surface area contributed by atoms with Crippen LogP contribution in [0.2, 0.25) is 0 Å². The molecule has 0 fully saturated rings. The summed E-state index contributed by atoms with van der Waals surface area (Å²) >= 11 is 0. The van der Waals surface area contributed by atoms with Gasteiger partial charge in [-0.1, -0.05) is 0 Å². The van der Waals surface area contributed by atoms with Crippen molar-refractivity contribution in [2.24, 2.45) is 0 Å². The topological polar surface area (TPSA) is 115 Å². The number of rotatable bonds is 7. The van der Waals surface area contributed by atoms with E-state index in [1.807, 2.05) is 26.8 Å². The number of carbonyl (C=O) groups excluding carboxylic acids is 3. The summed E-state index contributed by atoms with van der Waals surface area (Å²) in [6.45, 7) is 6.79. The van der Waals surface area contributed by atoms with Crippen molar-refractivity contribution in [3.8, 4) is 0 Å². The molecule has 2 N–H and O–H groups in total. The lowest BCUT2D eigenvalue weighted by Gasteiger charge is -2.11. The summed E-state index contributed by atoms with van der Waals surface area (Å²) in [5.74, 6) is -1.08. The Balaban J connectivity index is 1.49. The minimum absolute atomic E-state index is 0.133. The van der Waals surface area contributed by atoms with E-state index in [-0.39, 0.29) is 18.9 Å². The first kappa shape index (κ1) is 21.9. The van der Waals surface area contributed by atoms with Gasteiger partial charge < -0.3 is 15.4 Å². The maximum atomic E-state index is 12.1. The lowest BCUT2D eigenvalue weighted by atomic mass is 10.1. The predicted octanol–water partition coefficient (Wildman–Crippen LogP) is 2.73. The number of aryl methyl sites for hydroxylation is 3. The molecule has 3 rings (SSSR count). The molecule has 0 saturated heterocycles. The number of nitrogens with zero attached hydrogens (tertiary/aromatic N) is 3. The molecule has 0 atom stereocenters. The minimum atomic E-state index is -0.466. The zero-order chi connectivity index (χ0) is 22.5. The van der Waals surface area contributed by atoms with Gasteiger partial charge in [0.05, 0.1) is 5.69 Å². The van der Waals surface area contributed by atoms with E-state index in [2.05, 4.69) is 20.7 Å². The highest BCUT2D eigenvalue weighted by atomic mass is 16.5. The Labute approximate surface area is 179 Å². The smallest absolute Gasteiger partial charge is 0.306 e. The number of anilines is 2. The highest BCUT2D eigenvalue weighted by molar-refractivity contribution is 5.93. The zero-order valence-electron chi connectivity index (χ0n) is 18.0. The number of hydrogen-bond donors (Lipinski definition) is 2. The van der Waals surface area contributed by atoms with Gasteiger partial charge in [-0.05, 0) is 57.0 Å². The number of amides is 2. The van der Waals surface area contributed by atoms with Crippen LogP contribution in [0.5, 0.6) is 0 Å². The molecule has 9 nitrogen and oxygen atoms in total. The third-order valence-corrected chi connectivity index (χ3v) is 4.72. The molecule has 0 aliphatic carbocycles. The first-order chi connectivity index (χ1) is 14.7. The van der Waals surface area contributed by atoms with Gasteiger partial charge in [0, 0.05) is 42.2 Å². The summed E-state index contributed by atoms with van der Waals surface area (Å²) < 4.78 is 6.87. The van der Waals surface area contributed by atoms with Crippen LogP contribution in [0.25, 0.3) is 5.65 Å². The Kier molecular flexibility index (Phi) is 6.64. The van der Waals surface area contributed by atoms with Gasteiger partial charge in [0.2, 0.25) is 5.91 Å². The number of ether oxygens (including phenoxy) is 1. The van der Waals surface area contributed by atoms with Crippen molar-refractivity contribution in [1.82, 2.24) is 14.6 Å². The fourth-order valence-corrected chi connectivity index (χ4v) is 3.29. The van der Waals surface area contributed by atoms with E-state index in [1.54, 1.807) is 28.8 Å². The van der Waals surface area contributed by atoms with E-state index in [1.165, 1.54) is 6.92 Å². The second-order valence-electron chi connectivity index (χ2n) is 7.28. The van der Waals surface area contributed by atoms with Crippen LogP contribution in [0, 0.1) is 20.8 Å². The molecule has 2 heterocycles. The van der Waals surface area contributed by atoms with E-state index in [9.17, 15) is 14.4 Å². The van der Waals surface area contributed by atoms with Crippen LogP contribution in [0.4, 0.5) is 11.4 Å². The van der Waals surface area contributed by atoms with Crippen molar-refractivity contribution in [1.29, 1.82) is 0 Å². The van der Waals surface area contributed by atoms with Crippen molar-refractivity contribution in [3.63, 3.8) is 0 Å². The van der Waals surface area contributed by atoms with Gasteiger partial charge in [-0.15, -0.1) is 0 Å². The van der Waals surface area contributed by atoms with Crippen molar-refractivity contribution >= 4 is 34.8 Å². The maximum Gasteiger partial charge on any atom is 0.306 e. The summed E-state index contributed by atoms with van der Waals surface area (Å²) in [5, 5.41) is 9.71. The van der Waals surface area contributed by atoms with Crippen LogP contribution in [0.15, 0.2) is 30.3 Å². The van der Waals surface area contributed by atoms with Gasteiger partial charge in [-0.3, -0.25) is 14.4 Å². The van der Waals surface area contributed by atoms with E-state index in [0.29, 0.717) is 17.8 Å². The number of carbonyl (C=O) groups is 3. The first-order valence-electron chi connectivity index (χ1n) is 9.88. The molecule has 162 valence electrons. The quantitative estimate of drug-likeness (QED) is 0.565. The summed E-state index contributed by atoms with van der Waals surface area (Å²) in [5.41, 5.74) is 5.54. The van der Waals surface area contributed by atoms with Crippen LogP contribution in [0.3, 0.4) is 0 Å². The van der Waals surface area contributed by atoms with Crippen molar-refractivity contribution in [2.45, 2.75) is 40.5 Å². The van der Waals surface area contributed by atoms with Gasteiger partial charge in [-0.25, -0.2) is 9.50 Å². The second-order valence-corrected chi connectivity index (χ2v) is 7.28. The number of fused-ring (bicyclic) bond motifs is 1. The van der Waals surface area contributed by atoms with E-state index in [4.69, 9.17) is 4.74 Å². The van der Waals surface area contributed by atoms with Gasteiger partial charge in [-0.2, -0.15) is 5.10 Å². The molecule has 2 aromatic heterocycles. The van der Waals surface area contributed by atoms with Gasteiger partial charge in [0.25, 0.3) is 5.91 Å². The molecule has 31 heavy (non-hydrogen) atoms. The zero-order valence-corrected chi connectivity index (χ0v) is 18.0. The molecule has 0 aliphatic heterocycles. The first-order valence-corrected chi connectivity index (χ1v) is 9.88. The third kappa shape index (κ3) is 5.65. The minimum Gasteiger partial charge on any atom is -0.456 e. The van der Waals surface area contributed by atoms with Crippen molar-refractivity contribution in [2.75, 3.05) is 17.2 Å². The standard InChI is InChI=1S/C22H25N5O4/c1-13-11-20-23-14(2)19(15(3)27(20)26-13)9-10-22(30)31-12-21(29)25-18-7-5-17(6-8-18)24-16(4)28/h5-8,11H,9-10,12H2,1-4H3,(H,24,28)(H,25,29). The third-order valence-electron chi connectivity index (χ3n) is 4.72. The van der Waals surface area contributed by atoms with Gasteiger partial charge in [0.15, 0.2) is 12.3 Å². The number of aromatic nitrogens is 3. The fraction of sp³-hybridized carbons (Fsp3) is 0.318. The van der Waals surface area contributed by atoms with Gasteiger partial charge in [0.1, 0.15) is 0 Å². The summed E-state index contributed by atoms with van der Waals surface area (Å²) in [6.07, 6.45) is 0.582. The average molecular weight is 423 g/mol. The Hall–Kier alpha value is -3.75. The normalized spacial score (nSPS) is 10.7. The molecular weight excluding hydrogens is 398 g/mol. The highest BCUT2D eigenvalue weighted by Crippen LogP contribution is 2.17. The lowest BCUT2D eigenvalue weighted by Crippen LogP contribution is -2.21. The Morgan fingerprint density at radius 1 is 1.03 bits per heavy atom. The predicted molar refractivity (Wildman–Crippen MR) is 116 cm³/mol. The molecular formula is C22H25N5O4. The molecule has 0 radical (unpaired) electrons. The van der Waals surface area contributed by atoms with Gasteiger partial charge >= 0.3 is 5.97 Å². The van der Waals surface area contributed by atoms with E-state index < -0.39 is 11.9 Å². The monoisotopic (exact) mass is 423 g/mol. The van der Waals surface area contributed by atoms with Crippen LogP contribution in [-0.2, 0) is 25.5 Å². The summed E-state index contributed by atoms with van der Waals surface area (Å²) in [6, 6.07) is 8.54. The van der Waals surface area contributed by atoms with Crippen LogP contribution in [-0.4, -0.2) is 39.0 Å². The van der Waals surface area contributed by atoms with Crippen molar-refractivity contribution in [3.05, 3.63) is 53.0 Å². The molecule has 0 unspecified atom stereocenters. The molecule has 0 saturated carbocycles. The summed E-state index contributed by atoms with van der Waals surface area (Å²) in [7, 11) is 0. The van der Waals surface area contributed by atoms with E-state index >= 15 is 0 Å². The number of esters is 1. The molecule has 9 heteroatoms. The molecule has 0 aliphatic rings. The Bertz CT molecular complexity index is 1140. The second kappa shape index (κ2) is 9.38. The molecule has 0 spiro atoms. The van der Waals surface area contributed by atoms with Crippen LogP contribution in [0.1, 0.15) is 36.0 Å². The fourth-order valence-electron chi connectivity index (χ4n) is 3.29. The molecule has 3 aromatic rings. The summed E-state index contributed by atoms with van der Waals surface area (Å²) in [4.78, 5) is 39.7. The number of nitrogens with one attached hydrogen (secondary N) is 2. The van der Waals surface area contributed by atoms with Crippen molar-refractivity contribution < 1.29 is 19.1 Å². The highest BCUT2D eigenvalue weighted by Gasteiger charge is 2.14. The molecule has 1 aromatic carbocycles. The Morgan fingerprint density at radius 2 is 1.68 bits per heavy atom. The molecule has 2 amide bonds. The Morgan fingerprint density at radius 3 is 2.32 bits per heavy atom. The number of hydrogen-bond acceptors (Lipinski definition) is 6. The van der Waals surface area contributed by atoms with Crippen LogP contribution >= 0.6 is 0 Å². The largest absolute Gasteiger partial charge is 0.456 e. The van der Waals surface area contributed by atoms with Crippen LogP contribution < -0.4 is 10.6 Å².